The van der Waals surface area contributed by atoms with E-state index in [2.05, 4.69) is 17.8 Å². The zero-order valence-electron chi connectivity index (χ0n) is 13.1. The fourth-order valence-electron chi connectivity index (χ4n) is 2.96. The normalized spacial score (nSPS) is 12.0. The predicted molar refractivity (Wildman–Crippen MR) is 93.4 cm³/mol. The maximum atomic E-state index is 13.0. The molecular formula is C20H18N2O. The van der Waals surface area contributed by atoms with Crippen LogP contribution < -0.4 is 5.56 Å². The van der Waals surface area contributed by atoms with Crippen molar-refractivity contribution in [1.82, 2.24) is 9.55 Å². The molecule has 0 saturated heterocycles. The number of fused-ring (bicyclic) bond motifs is 1. The summed E-state index contributed by atoms with van der Waals surface area (Å²) in [6, 6.07) is 17.6. The zero-order valence-corrected chi connectivity index (χ0v) is 13.1. The number of rotatable bonds is 4. The van der Waals surface area contributed by atoms with E-state index < -0.39 is 0 Å². The lowest BCUT2D eigenvalue weighted by Crippen LogP contribution is -2.27. The molecule has 1 heterocycles. The number of hydrogen-bond acceptors (Lipinski definition) is 2. The fraction of sp³-hybridized carbons (Fsp3) is 0.200. The molecule has 0 aliphatic carbocycles. The third-order valence-corrected chi connectivity index (χ3v) is 4.07. The van der Waals surface area contributed by atoms with E-state index in [0.29, 0.717) is 5.69 Å². The number of benzene rings is 2. The van der Waals surface area contributed by atoms with Crippen LogP contribution in [0, 0.1) is 12.3 Å². The van der Waals surface area contributed by atoms with Gasteiger partial charge in [0, 0.05) is 5.92 Å². The average molecular weight is 302 g/mol. The Morgan fingerprint density at radius 3 is 2.52 bits per heavy atom. The van der Waals surface area contributed by atoms with Crippen LogP contribution in [0.1, 0.15) is 30.5 Å². The molecule has 0 saturated carbocycles. The van der Waals surface area contributed by atoms with Gasteiger partial charge in [-0.2, -0.15) is 0 Å². The minimum absolute atomic E-state index is 0.0302. The Morgan fingerprint density at radius 1 is 1.13 bits per heavy atom. The maximum Gasteiger partial charge on any atom is 0.274 e. The molecule has 0 aliphatic heterocycles. The van der Waals surface area contributed by atoms with Gasteiger partial charge in [0.25, 0.3) is 5.56 Å². The number of para-hydroxylation sites is 2. The van der Waals surface area contributed by atoms with Gasteiger partial charge < -0.3 is 0 Å². The molecule has 0 bridgehead atoms. The smallest absolute Gasteiger partial charge is 0.274 e. The van der Waals surface area contributed by atoms with Crippen molar-refractivity contribution in [3.05, 3.63) is 76.2 Å². The molecule has 23 heavy (non-hydrogen) atoms. The molecule has 3 aromatic rings. The standard InChI is InChI=1S/C20H18N2O/c1-3-14-22-18-13-9-8-12-17(18)21-19(20(22)23)16(4-2)15-10-6-5-7-11-15/h1,5-13,16H,4,14H2,2H3. The third-order valence-electron chi connectivity index (χ3n) is 4.07. The molecule has 0 radical (unpaired) electrons. The van der Waals surface area contributed by atoms with Crippen molar-refractivity contribution in [2.45, 2.75) is 25.8 Å². The highest BCUT2D eigenvalue weighted by atomic mass is 16.1. The molecule has 0 spiro atoms. The van der Waals surface area contributed by atoms with E-state index in [1.165, 1.54) is 0 Å². The topological polar surface area (TPSA) is 34.9 Å². The van der Waals surface area contributed by atoms with Gasteiger partial charge in [0.05, 0.1) is 17.6 Å². The summed E-state index contributed by atoms with van der Waals surface area (Å²) in [6.45, 7) is 2.32. The highest BCUT2D eigenvalue weighted by Gasteiger charge is 2.20. The van der Waals surface area contributed by atoms with E-state index in [4.69, 9.17) is 6.42 Å². The first kappa shape index (κ1) is 15.1. The summed E-state index contributed by atoms with van der Waals surface area (Å²) in [5.74, 6) is 2.55. The summed E-state index contributed by atoms with van der Waals surface area (Å²) in [4.78, 5) is 17.6. The average Bonchev–Trinajstić information content (AvgIpc) is 2.60. The van der Waals surface area contributed by atoms with Gasteiger partial charge in [-0.1, -0.05) is 55.3 Å². The van der Waals surface area contributed by atoms with Crippen LogP contribution in [0.15, 0.2) is 59.4 Å². The number of aromatic nitrogens is 2. The monoisotopic (exact) mass is 302 g/mol. The van der Waals surface area contributed by atoms with Gasteiger partial charge in [-0.3, -0.25) is 9.36 Å². The van der Waals surface area contributed by atoms with Gasteiger partial charge >= 0.3 is 0 Å². The van der Waals surface area contributed by atoms with Crippen LogP contribution in [0.2, 0.25) is 0 Å². The Morgan fingerprint density at radius 2 is 1.83 bits per heavy atom. The van der Waals surface area contributed by atoms with Crippen LogP contribution in [0.4, 0.5) is 0 Å². The molecule has 2 aromatic carbocycles. The summed E-state index contributed by atoms with van der Waals surface area (Å²) in [5.41, 5.74) is 3.14. The molecule has 0 N–H and O–H groups in total. The lowest BCUT2D eigenvalue weighted by Gasteiger charge is -2.17. The highest BCUT2D eigenvalue weighted by molar-refractivity contribution is 5.74. The lowest BCUT2D eigenvalue weighted by atomic mass is 9.93. The summed E-state index contributed by atoms with van der Waals surface area (Å²) in [6.07, 6.45) is 6.27. The second kappa shape index (κ2) is 6.50. The van der Waals surface area contributed by atoms with Crippen molar-refractivity contribution >= 4 is 11.0 Å². The molecule has 1 atom stereocenters. The maximum absolute atomic E-state index is 13.0. The van der Waals surface area contributed by atoms with E-state index >= 15 is 0 Å². The van der Waals surface area contributed by atoms with Crippen molar-refractivity contribution in [2.24, 2.45) is 0 Å². The summed E-state index contributed by atoms with van der Waals surface area (Å²) >= 11 is 0. The fourth-order valence-corrected chi connectivity index (χ4v) is 2.96. The Labute approximate surface area is 135 Å². The van der Waals surface area contributed by atoms with Gasteiger partial charge in [0.2, 0.25) is 0 Å². The van der Waals surface area contributed by atoms with Crippen LogP contribution in [0.25, 0.3) is 11.0 Å². The van der Waals surface area contributed by atoms with Crippen molar-refractivity contribution in [2.75, 3.05) is 0 Å². The van der Waals surface area contributed by atoms with Gasteiger partial charge in [-0.15, -0.1) is 6.42 Å². The molecule has 1 aromatic heterocycles. The molecular weight excluding hydrogens is 284 g/mol. The van der Waals surface area contributed by atoms with E-state index in [9.17, 15) is 4.79 Å². The Bertz CT molecular complexity index is 920. The Balaban J connectivity index is 2.27. The second-order valence-corrected chi connectivity index (χ2v) is 5.45. The SMILES string of the molecule is C#CCn1c(=O)c(C(CC)c2ccccc2)nc2ccccc21. The minimum Gasteiger partial charge on any atom is -0.293 e. The summed E-state index contributed by atoms with van der Waals surface area (Å²) in [7, 11) is 0. The largest absolute Gasteiger partial charge is 0.293 e. The van der Waals surface area contributed by atoms with Crippen molar-refractivity contribution in [3.8, 4) is 12.3 Å². The van der Waals surface area contributed by atoms with E-state index in [1.54, 1.807) is 4.57 Å². The first-order valence-corrected chi connectivity index (χ1v) is 7.74. The molecule has 1 unspecified atom stereocenters. The predicted octanol–water partition coefficient (Wildman–Crippen LogP) is 3.57. The van der Waals surface area contributed by atoms with Crippen molar-refractivity contribution in [1.29, 1.82) is 0 Å². The van der Waals surface area contributed by atoms with Gasteiger partial charge in [0.1, 0.15) is 5.69 Å². The van der Waals surface area contributed by atoms with E-state index in [-0.39, 0.29) is 18.0 Å². The molecule has 114 valence electrons. The van der Waals surface area contributed by atoms with Crippen LogP contribution in [0.3, 0.4) is 0 Å². The van der Waals surface area contributed by atoms with E-state index in [1.807, 2.05) is 54.6 Å². The quantitative estimate of drug-likeness (QED) is 0.691. The van der Waals surface area contributed by atoms with Gasteiger partial charge in [-0.25, -0.2) is 4.98 Å². The van der Waals surface area contributed by atoms with Crippen LogP contribution in [-0.2, 0) is 6.54 Å². The van der Waals surface area contributed by atoms with Crippen molar-refractivity contribution < 1.29 is 0 Å². The second-order valence-electron chi connectivity index (χ2n) is 5.45. The molecule has 0 aliphatic rings. The zero-order chi connectivity index (χ0) is 16.2. The molecule has 0 amide bonds. The van der Waals surface area contributed by atoms with E-state index in [0.717, 1.165) is 23.0 Å². The van der Waals surface area contributed by atoms with Gasteiger partial charge in [-0.05, 0) is 24.1 Å². The molecule has 3 rings (SSSR count). The Hall–Kier alpha value is -2.86. The number of hydrogen-bond donors (Lipinski definition) is 0. The lowest BCUT2D eigenvalue weighted by molar-refractivity contribution is 0.707. The van der Waals surface area contributed by atoms with Crippen LogP contribution in [-0.4, -0.2) is 9.55 Å². The number of nitrogens with zero attached hydrogens (tertiary/aromatic N) is 2. The molecule has 0 fully saturated rings. The summed E-state index contributed by atoms with van der Waals surface area (Å²) < 4.78 is 1.64. The number of terminal acetylenes is 1. The van der Waals surface area contributed by atoms with Crippen LogP contribution >= 0.6 is 0 Å². The highest BCUT2D eigenvalue weighted by Crippen LogP contribution is 2.25. The minimum atomic E-state index is -0.0997. The Kier molecular flexibility index (Phi) is 4.25. The van der Waals surface area contributed by atoms with Crippen molar-refractivity contribution in [3.63, 3.8) is 0 Å². The van der Waals surface area contributed by atoms with Crippen LogP contribution in [0.5, 0.6) is 0 Å². The first-order chi connectivity index (χ1) is 11.3. The summed E-state index contributed by atoms with van der Waals surface area (Å²) in [5, 5.41) is 0. The first-order valence-electron chi connectivity index (χ1n) is 7.74. The molecule has 3 nitrogen and oxygen atoms in total. The third kappa shape index (κ3) is 2.76. The van der Waals surface area contributed by atoms with Gasteiger partial charge in [0.15, 0.2) is 0 Å². The molecule has 3 heteroatoms.